The summed E-state index contributed by atoms with van der Waals surface area (Å²) in [7, 11) is 0. The number of hydrogen-bond donors (Lipinski definition) is 2. The largest absolute Gasteiger partial charge is 0.323 e. The smallest absolute Gasteiger partial charge is 0.245 e. The third-order valence-corrected chi connectivity index (χ3v) is 3.54. The lowest BCUT2D eigenvalue weighted by molar-refractivity contribution is -0.117. The lowest BCUT2D eigenvalue weighted by Crippen LogP contribution is -2.27. The zero-order valence-electron chi connectivity index (χ0n) is 10.6. The summed E-state index contributed by atoms with van der Waals surface area (Å²) >= 11 is 3.38. The van der Waals surface area contributed by atoms with Crippen LogP contribution < -0.4 is 11.1 Å². The van der Waals surface area contributed by atoms with Gasteiger partial charge in [-0.2, -0.15) is 0 Å². The molecule has 0 saturated heterocycles. The molecule has 0 aromatic heterocycles. The molecule has 0 heterocycles. The lowest BCUT2D eigenvalue weighted by atomic mass is 10.1. The van der Waals surface area contributed by atoms with Crippen LogP contribution in [-0.4, -0.2) is 5.91 Å². The molecule has 1 atom stereocenters. The number of aryl methyl sites for hydroxylation is 1. The molecule has 2 aromatic rings. The number of rotatable bonds is 3. The normalized spacial score (nSPS) is 11.9. The van der Waals surface area contributed by atoms with Crippen molar-refractivity contribution in [2.75, 3.05) is 5.32 Å². The second-order valence-electron chi connectivity index (χ2n) is 4.36. The summed E-state index contributed by atoms with van der Waals surface area (Å²) < 4.78 is 0.833. The zero-order valence-corrected chi connectivity index (χ0v) is 12.1. The molecule has 4 heteroatoms. The van der Waals surface area contributed by atoms with Crippen LogP contribution in [0.3, 0.4) is 0 Å². The molecule has 3 nitrogen and oxygen atoms in total. The first kappa shape index (κ1) is 13.8. The summed E-state index contributed by atoms with van der Waals surface area (Å²) in [6, 6.07) is 14.4. The van der Waals surface area contributed by atoms with E-state index < -0.39 is 6.04 Å². The quantitative estimate of drug-likeness (QED) is 0.911. The zero-order chi connectivity index (χ0) is 13.8. The topological polar surface area (TPSA) is 55.1 Å². The van der Waals surface area contributed by atoms with Crippen molar-refractivity contribution in [3.63, 3.8) is 0 Å². The fourth-order valence-corrected chi connectivity index (χ4v) is 2.08. The lowest BCUT2D eigenvalue weighted by Gasteiger charge is -2.13. The van der Waals surface area contributed by atoms with Gasteiger partial charge >= 0.3 is 0 Å². The van der Waals surface area contributed by atoms with E-state index in [9.17, 15) is 4.79 Å². The van der Waals surface area contributed by atoms with Gasteiger partial charge in [-0.15, -0.1) is 0 Å². The first-order valence-corrected chi connectivity index (χ1v) is 6.75. The van der Waals surface area contributed by atoms with E-state index in [1.807, 2.05) is 55.5 Å². The maximum Gasteiger partial charge on any atom is 0.245 e. The molecule has 1 unspecified atom stereocenters. The molecule has 2 aromatic carbocycles. The summed E-state index contributed by atoms with van der Waals surface area (Å²) in [4.78, 5) is 12.1. The van der Waals surface area contributed by atoms with E-state index in [1.54, 1.807) is 0 Å². The van der Waals surface area contributed by atoms with Gasteiger partial charge in [-0.1, -0.05) is 42.0 Å². The molecule has 1 amide bonds. The number of carbonyl (C=O) groups excluding carboxylic acids is 1. The van der Waals surface area contributed by atoms with Crippen molar-refractivity contribution in [1.29, 1.82) is 0 Å². The first-order chi connectivity index (χ1) is 9.08. The molecule has 0 aliphatic heterocycles. The first-order valence-electron chi connectivity index (χ1n) is 5.95. The van der Waals surface area contributed by atoms with E-state index in [0.29, 0.717) is 0 Å². The third-order valence-electron chi connectivity index (χ3n) is 2.85. The number of anilines is 1. The average Bonchev–Trinajstić information content (AvgIpc) is 2.41. The highest BCUT2D eigenvalue weighted by molar-refractivity contribution is 9.10. The molecule has 0 fully saturated rings. The molecule has 0 aliphatic carbocycles. The van der Waals surface area contributed by atoms with Gasteiger partial charge in [-0.25, -0.2) is 0 Å². The van der Waals surface area contributed by atoms with Gasteiger partial charge in [0.2, 0.25) is 5.91 Å². The van der Waals surface area contributed by atoms with E-state index in [2.05, 4.69) is 21.2 Å². The number of benzene rings is 2. The SMILES string of the molecule is Cc1ccc(C(N)C(=O)Nc2ccccc2Br)cc1. The van der Waals surface area contributed by atoms with E-state index >= 15 is 0 Å². The number of carbonyl (C=O) groups is 1. The van der Waals surface area contributed by atoms with Crippen LogP contribution in [0.1, 0.15) is 17.2 Å². The Labute approximate surface area is 121 Å². The van der Waals surface area contributed by atoms with Crippen LogP contribution in [0.5, 0.6) is 0 Å². The Balaban J connectivity index is 2.12. The van der Waals surface area contributed by atoms with Crippen molar-refractivity contribution in [2.24, 2.45) is 5.73 Å². The van der Waals surface area contributed by atoms with Crippen molar-refractivity contribution in [2.45, 2.75) is 13.0 Å². The van der Waals surface area contributed by atoms with Crippen molar-refractivity contribution in [3.05, 3.63) is 64.1 Å². The highest BCUT2D eigenvalue weighted by Gasteiger charge is 2.16. The monoisotopic (exact) mass is 318 g/mol. The van der Waals surface area contributed by atoms with E-state index in [4.69, 9.17) is 5.73 Å². The molecule has 2 rings (SSSR count). The molecule has 3 N–H and O–H groups in total. The molecule has 0 radical (unpaired) electrons. The standard InChI is InChI=1S/C15H15BrN2O/c1-10-6-8-11(9-7-10)14(17)15(19)18-13-5-3-2-4-12(13)16/h2-9,14H,17H2,1H3,(H,18,19). The van der Waals surface area contributed by atoms with Gasteiger partial charge in [0.05, 0.1) is 5.69 Å². The average molecular weight is 319 g/mol. The maximum atomic E-state index is 12.1. The van der Waals surface area contributed by atoms with Gasteiger partial charge in [0.25, 0.3) is 0 Å². The fourth-order valence-electron chi connectivity index (χ4n) is 1.70. The predicted molar refractivity (Wildman–Crippen MR) is 80.9 cm³/mol. The summed E-state index contributed by atoms with van der Waals surface area (Å²) in [5.74, 6) is -0.226. The van der Waals surface area contributed by atoms with Crippen LogP contribution in [0.4, 0.5) is 5.69 Å². The molecule has 98 valence electrons. The molecule has 19 heavy (non-hydrogen) atoms. The Bertz CT molecular complexity index is 581. The minimum Gasteiger partial charge on any atom is -0.323 e. The van der Waals surface area contributed by atoms with E-state index in [1.165, 1.54) is 0 Å². The second kappa shape index (κ2) is 5.99. The van der Waals surface area contributed by atoms with Gasteiger partial charge in [0, 0.05) is 4.47 Å². The van der Waals surface area contributed by atoms with E-state index in [-0.39, 0.29) is 5.91 Å². The number of nitrogens with one attached hydrogen (secondary N) is 1. The van der Waals surface area contributed by atoms with Crippen molar-refractivity contribution < 1.29 is 4.79 Å². The Morgan fingerprint density at radius 2 is 1.79 bits per heavy atom. The van der Waals surface area contributed by atoms with Crippen LogP contribution in [0.25, 0.3) is 0 Å². The number of amides is 1. The van der Waals surface area contributed by atoms with Gasteiger partial charge in [-0.05, 0) is 40.5 Å². The molecular weight excluding hydrogens is 304 g/mol. The molecule has 0 aliphatic rings. The third kappa shape index (κ3) is 3.43. The molecule has 0 bridgehead atoms. The summed E-state index contributed by atoms with van der Waals surface area (Å²) in [6.07, 6.45) is 0. The Morgan fingerprint density at radius 1 is 1.16 bits per heavy atom. The van der Waals surface area contributed by atoms with Crippen molar-refractivity contribution in [3.8, 4) is 0 Å². The second-order valence-corrected chi connectivity index (χ2v) is 5.21. The molecular formula is C15H15BrN2O. The molecule has 0 saturated carbocycles. The van der Waals surface area contributed by atoms with Gasteiger partial charge in [0.1, 0.15) is 6.04 Å². The number of hydrogen-bond acceptors (Lipinski definition) is 2. The van der Waals surface area contributed by atoms with Crippen LogP contribution in [0.15, 0.2) is 53.0 Å². The summed E-state index contributed by atoms with van der Waals surface area (Å²) in [6.45, 7) is 2.00. The molecule has 0 spiro atoms. The summed E-state index contributed by atoms with van der Waals surface area (Å²) in [5.41, 5.74) is 8.62. The van der Waals surface area contributed by atoms with Gasteiger partial charge < -0.3 is 11.1 Å². The minimum absolute atomic E-state index is 0.226. The highest BCUT2D eigenvalue weighted by Crippen LogP contribution is 2.22. The maximum absolute atomic E-state index is 12.1. The Morgan fingerprint density at radius 3 is 2.42 bits per heavy atom. The number of para-hydroxylation sites is 1. The minimum atomic E-state index is -0.673. The fraction of sp³-hybridized carbons (Fsp3) is 0.133. The van der Waals surface area contributed by atoms with Gasteiger partial charge in [-0.3, -0.25) is 4.79 Å². The van der Waals surface area contributed by atoms with Crippen LogP contribution in [-0.2, 0) is 4.79 Å². The number of nitrogens with two attached hydrogens (primary N) is 1. The van der Waals surface area contributed by atoms with Gasteiger partial charge in [0.15, 0.2) is 0 Å². The Hall–Kier alpha value is -1.65. The van der Waals surface area contributed by atoms with Crippen LogP contribution >= 0.6 is 15.9 Å². The number of halogens is 1. The highest BCUT2D eigenvalue weighted by atomic mass is 79.9. The van der Waals surface area contributed by atoms with Crippen molar-refractivity contribution >= 4 is 27.5 Å². The van der Waals surface area contributed by atoms with Crippen molar-refractivity contribution in [1.82, 2.24) is 0 Å². The van der Waals surface area contributed by atoms with E-state index in [0.717, 1.165) is 21.3 Å². The Kier molecular flexibility index (Phi) is 4.35. The summed E-state index contributed by atoms with van der Waals surface area (Å²) in [5, 5.41) is 2.81. The van der Waals surface area contributed by atoms with Crippen LogP contribution in [0, 0.1) is 6.92 Å². The predicted octanol–water partition coefficient (Wildman–Crippen LogP) is 3.40. The van der Waals surface area contributed by atoms with Crippen LogP contribution in [0.2, 0.25) is 0 Å².